The molecule has 1 N–H and O–H groups in total. The molecule has 0 aromatic heterocycles. The molecule has 0 saturated carbocycles. The van der Waals surface area contributed by atoms with Gasteiger partial charge in [0.25, 0.3) is 0 Å². The minimum atomic E-state index is -3.69. The van der Waals surface area contributed by atoms with Crippen molar-refractivity contribution in [1.82, 2.24) is 5.32 Å². The van der Waals surface area contributed by atoms with E-state index in [9.17, 15) is 13.2 Å². The van der Waals surface area contributed by atoms with E-state index >= 15 is 0 Å². The first-order valence-corrected chi connectivity index (χ1v) is 12.3. The van der Waals surface area contributed by atoms with E-state index in [1.165, 1.54) is 25.3 Å². The number of rotatable bonds is 11. The second-order valence-electron chi connectivity index (χ2n) is 6.70. The van der Waals surface area contributed by atoms with Crippen molar-refractivity contribution < 1.29 is 22.7 Å². The number of methoxy groups -OCH3 is 2. The van der Waals surface area contributed by atoms with Crippen LogP contribution in [0.15, 0.2) is 42.5 Å². The summed E-state index contributed by atoms with van der Waals surface area (Å²) in [7, 11) is -0.752. The van der Waals surface area contributed by atoms with Crippen molar-refractivity contribution in [3.63, 3.8) is 0 Å². The predicted molar refractivity (Wildman–Crippen MR) is 122 cm³/mol. The van der Waals surface area contributed by atoms with Crippen LogP contribution in [0.1, 0.15) is 11.1 Å². The summed E-state index contributed by atoms with van der Waals surface area (Å²) in [6.07, 6.45) is 1.06. The zero-order valence-electron chi connectivity index (χ0n) is 17.7. The average Bonchev–Trinajstić information content (AvgIpc) is 2.72. The lowest BCUT2D eigenvalue weighted by Gasteiger charge is -2.24. The third-order valence-electron chi connectivity index (χ3n) is 4.30. The first kappa shape index (κ1) is 23.9. The lowest BCUT2D eigenvalue weighted by atomic mass is 10.2. The molecule has 0 aliphatic rings. The van der Waals surface area contributed by atoms with E-state index in [-0.39, 0.29) is 18.1 Å². The van der Waals surface area contributed by atoms with Gasteiger partial charge in [-0.3, -0.25) is 9.10 Å². The molecule has 0 spiro atoms. The molecule has 0 saturated heterocycles. The number of nitrogens with zero attached hydrogens (tertiary/aromatic N) is 1. The van der Waals surface area contributed by atoms with Gasteiger partial charge in [-0.25, -0.2) is 8.42 Å². The Hall–Kier alpha value is -2.39. The van der Waals surface area contributed by atoms with Crippen molar-refractivity contribution in [2.75, 3.05) is 43.6 Å². The molecular formula is C21H28N2O5S2. The lowest BCUT2D eigenvalue weighted by Crippen LogP contribution is -2.41. The summed E-state index contributed by atoms with van der Waals surface area (Å²) in [6, 6.07) is 13.1. The second kappa shape index (κ2) is 11.1. The van der Waals surface area contributed by atoms with Gasteiger partial charge in [0, 0.05) is 24.1 Å². The van der Waals surface area contributed by atoms with Gasteiger partial charge in [0.05, 0.1) is 26.2 Å². The molecular weight excluding hydrogens is 424 g/mol. The number of amides is 1. The minimum absolute atomic E-state index is 0.282. The van der Waals surface area contributed by atoms with E-state index in [0.29, 0.717) is 18.0 Å². The van der Waals surface area contributed by atoms with Crippen molar-refractivity contribution in [2.24, 2.45) is 0 Å². The van der Waals surface area contributed by atoms with Crippen LogP contribution < -0.4 is 19.1 Å². The van der Waals surface area contributed by atoms with Crippen molar-refractivity contribution >= 4 is 33.4 Å². The van der Waals surface area contributed by atoms with Gasteiger partial charge < -0.3 is 14.8 Å². The van der Waals surface area contributed by atoms with Gasteiger partial charge in [-0.15, -0.1) is 0 Å². The molecule has 0 heterocycles. The highest BCUT2D eigenvalue weighted by atomic mass is 32.2. The summed E-state index contributed by atoms with van der Waals surface area (Å²) in [5, 5.41) is 2.78. The quantitative estimate of drug-likeness (QED) is 0.528. The molecule has 9 heteroatoms. The Labute approximate surface area is 182 Å². The maximum atomic E-state index is 12.4. The van der Waals surface area contributed by atoms with Crippen LogP contribution in [0.25, 0.3) is 0 Å². The van der Waals surface area contributed by atoms with Gasteiger partial charge in [0.2, 0.25) is 15.9 Å². The SMILES string of the molecule is COc1ccc(N(CC(=O)NCCSCc2ccc(C)cc2)S(C)(=O)=O)c(OC)c1. The number of nitrogens with one attached hydrogen (secondary N) is 1. The summed E-state index contributed by atoms with van der Waals surface area (Å²) < 4.78 is 36.1. The van der Waals surface area contributed by atoms with E-state index in [2.05, 4.69) is 29.6 Å². The molecule has 0 radical (unpaired) electrons. The van der Waals surface area contributed by atoms with E-state index in [4.69, 9.17) is 9.47 Å². The van der Waals surface area contributed by atoms with E-state index in [0.717, 1.165) is 22.1 Å². The molecule has 0 bridgehead atoms. The fourth-order valence-electron chi connectivity index (χ4n) is 2.70. The highest BCUT2D eigenvalue weighted by Gasteiger charge is 2.24. The summed E-state index contributed by atoms with van der Waals surface area (Å²) >= 11 is 1.70. The Kier molecular flexibility index (Phi) is 8.86. The van der Waals surface area contributed by atoms with Crippen LogP contribution in [-0.2, 0) is 20.6 Å². The summed E-state index contributed by atoms with van der Waals surface area (Å²) in [4.78, 5) is 12.4. The number of thioether (sulfide) groups is 1. The van der Waals surface area contributed by atoms with Crippen molar-refractivity contribution in [1.29, 1.82) is 0 Å². The summed E-state index contributed by atoms with van der Waals surface area (Å²) in [5.74, 6) is 2.04. The van der Waals surface area contributed by atoms with Gasteiger partial charge in [-0.1, -0.05) is 29.8 Å². The highest BCUT2D eigenvalue weighted by molar-refractivity contribution is 7.98. The van der Waals surface area contributed by atoms with Crippen LogP contribution in [0.5, 0.6) is 11.5 Å². The number of ether oxygens (including phenoxy) is 2. The zero-order chi connectivity index (χ0) is 22.1. The van der Waals surface area contributed by atoms with Gasteiger partial charge in [-0.05, 0) is 24.6 Å². The minimum Gasteiger partial charge on any atom is -0.497 e. The van der Waals surface area contributed by atoms with E-state index in [1.807, 2.05) is 6.92 Å². The molecule has 2 rings (SSSR count). The van der Waals surface area contributed by atoms with Crippen LogP contribution >= 0.6 is 11.8 Å². The van der Waals surface area contributed by atoms with E-state index in [1.54, 1.807) is 30.0 Å². The highest BCUT2D eigenvalue weighted by Crippen LogP contribution is 2.33. The van der Waals surface area contributed by atoms with Crippen LogP contribution in [0.3, 0.4) is 0 Å². The molecule has 0 atom stereocenters. The first-order chi connectivity index (χ1) is 14.2. The molecule has 0 aliphatic carbocycles. The molecule has 7 nitrogen and oxygen atoms in total. The Balaban J connectivity index is 1.92. The zero-order valence-corrected chi connectivity index (χ0v) is 19.3. The predicted octanol–water partition coefficient (Wildman–Crippen LogP) is 2.83. The Morgan fingerprint density at radius 2 is 1.80 bits per heavy atom. The number of hydrogen-bond acceptors (Lipinski definition) is 6. The van der Waals surface area contributed by atoms with Gasteiger partial charge in [0.15, 0.2) is 0 Å². The average molecular weight is 453 g/mol. The number of sulfonamides is 1. The Bertz CT molecular complexity index is 946. The molecule has 0 unspecified atom stereocenters. The van der Waals surface area contributed by atoms with Gasteiger partial charge in [-0.2, -0.15) is 11.8 Å². The normalized spacial score (nSPS) is 11.1. The first-order valence-electron chi connectivity index (χ1n) is 9.34. The van der Waals surface area contributed by atoms with Crippen LogP contribution in [-0.4, -0.2) is 53.6 Å². The topological polar surface area (TPSA) is 84.9 Å². The molecule has 2 aromatic carbocycles. The Morgan fingerprint density at radius 1 is 1.10 bits per heavy atom. The van der Waals surface area contributed by atoms with Gasteiger partial charge in [0.1, 0.15) is 18.0 Å². The summed E-state index contributed by atoms with van der Waals surface area (Å²) in [5.41, 5.74) is 2.73. The van der Waals surface area contributed by atoms with Crippen molar-refractivity contribution in [2.45, 2.75) is 12.7 Å². The maximum Gasteiger partial charge on any atom is 0.240 e. The monoisotopic (exact) mass is 452 g/mol. The summed E-state index contributed by atoms with van der Waals surface area (Å²) in [6.45, 7) is 2.17. The van der Waals surface area contributed by atoms with Gasteiger partial charge >= 0.3 is 0 Å². The molecule has 2 aromatic rings. The van der Waals surface area contributed by atoms with Crippen LogP contribution in [0.4, 0.5) is 5.69 Å². The fraction of sp³-hybridized carbons (Fsp3) is 0.381. The molecule has 0 aliphatic heterocycles. The number of hydrogen-bond donors (Lipinski definition) is 1. The van der Waals surface area contributed by atoms with Crippen LogP contribution in [0, 0.1) is 6.92 Å². The Morgan fingerprint density at radius 3 is 2.40 bits per heavy atom. The second-order valence-corrected chi connectivity index (χ2v) is 9.71. The molecule has 1 amide bonds. The third-order valence-corrected chi connectivity index (χ3v) is 6.46. The maximum absolute atomic E-state index is 12.4. The smallest absolute Gasteiger partial charge is 0.240 e. The number of anilines is 1. The van der Waals surface area contributed by atoms with E-state index < -0.39 is 10.0 Å². The molecule has 164 valence electrons. The van der Waals surface area contributed by atoms with Crippen molar-refractivity contribution in [3.05, 3.63) is 53.6 Å². The number of carbonyl (C=O) groups is 1. The number of carbonyl (C=O) groups excluding carboxylic acids is 1. The third kappa shape index (κ3) is 7.14. The number of benzene rings is 2. The fourth-order valence-corrected chi connectivity index (χ4v) is 4.37. The number of aryl methyl sites for hydroxylation is 1. The van der Waals surface area contributed by atoms with Crippen molar-refractivity contribution in [3.8, 4) is 11.5 Å². The lowest BCUT2D eigenvalue weighted by molar-refractivity contribution is -0.119. The largest absolute Gasteiger partial charge is 0.497 e. The van der Waals surface area contributed by atoms with Crippen LogP contribution in [0.2, 0.25) is 0 Å². The molecule has 30 heavy (non-hydrogen) atoms. The standard InChI is InChI=1S/C21H28N2O5S2/c1-16-5-7-17(8-6-16)15-29-12-11-22-21(24)14-23(30(4,25)26)19-10-9-18(27-2)13-20(19)28-3/h5-10,13H,11-12,14-15H2,1-4H3,(H,22,24). The molecule has 0 fully saturated rings.